The van der Waals surface area contributed by atoms with Crippen molar-refractivity contribution in [1.29, 1.82) is 0 Å². The maximum atomic E-state index is 12.5. The molecule has 1 saturated heterocycles. The van der Waals surface area contributed by atoms with Gasteiger partial charge in [-0.2, -0.15) is 0 Å². The number of likely N-dealkylation sites (tertiary alicyclic amines) is 1. The lowest BCUT2D eigenvalue weighted by atomic mass is 9.97. The quantitative estimate of drug-likeness (QED) is 0.838. The van der Waals surface area contributed by atoms with Crippen molar-refractivity contribution in [3.63, 3.8) is 0 Å². The number of pyridine rings is 1. The first kappa shape index (κ1) is 15.3. The van der Waals surface area contributed by atoms with Crippen molar-refractivity contribution < 1.29 is 9.53 Å². The number of amides is 1. The molecule has 2 fully saturated rings. The Bertz CT molecular complexity index is 471. The molecule has 0 radical (unpaired) electrons. The Labute approximate surface area is 132 Å². The van der Waals surface area contributed by atoms with E-state index in [9.17, 15) is 4.79 Å². The highest BCUT2D eigenvalue weighted by atomic mass is 16.5. The maximum absolute atomic E-state index is 12.5. The van der Waals surface area contributed by atoms with Gasteiger partial charge < -0.3 is 9.64 Å². The van der Waals surface area contributed by atoms with Crippen LogP contribution in [0.2, 0.25) is 0 Å². The van der Waals surface area contributed by atoms with Crippen LogP contribution in [0.3, 0.4) is 0 Å². The molecule has 0 N–H and O–H groups in total. The molecule has 1 aliphatic carbocycles. The number of ether oxygens (including phenoxy) is 1. The molecule has 3 rings (SSSR count). The lowest BCUT2D eigenvalue weighted by Crippen LogP contribution is -2.42. The normalized spacial score (nSPS) is 22.7. The van der Waals surface area contributed by atoms with Crippen molar-refractivity contribution in [2.24, 2.45) is 11.8 Å². The van der Waals surface area contributed by atoms with Crippen LogP contribution in [0, 0.1) is 11.8 Å². The Kier molecular flexibility index (Phi) is 5.30. The maximum Gasteiger partial charge on any atom is 0.222 e. The molecule has 1 atom stereocenters. The summed E-state index contributed by atoms with van der Waals surface area (Å²) in [7, 11) is 0. The van der Waals surface area contributed by atoms with Gasteiger partial charge in [0.15, 0.2) is 0 Å². The van der Waals surface area contributed by atoms with Crippen LogP contribution in [-0.4, -0.2) is 35.5 Å². The third-order valence-corrected chi connectivity index (χ3v) is 4.95. The summed E-state index contributed by atoms with van der Waals surface area (Å²) >= 11 is 0. The molecule has 2 aliphatic rings. The van der Waals surface area contributed by atoms with Gasteiger partial charge in [0.1, 0.15) is 5.75 Å². The van der Waals surface area contributed by atoms with Gasteiger partial charge >= 0.3 is 0 Å². The van der Waals surface area contributed by atoms with Crippen LogP contribution in [0.15, 0.2) is 24.5 Å². The highest BCUT2D eigenvalue weighted by Crippen LogP contribution is 2.29. The van der Waals surface area contributed by atoms with Crippen molar-refractivity contribution in [3.05, 3.63) is 24.5 Å². The summed E-state index contributed by atoms with van der Waals surface area (Å²) in [5.41, 5.74) is 0. The van der Waals surface area contributed by atoms with Gasteiger partial charge in [-0.25, -0.2) is 0 Å². The van der Waals surface area contributed by atoms with Crippen LogP contribution >= 0.6 is 0 Å². The monoisotopic (exact) mass is 302 g/mol. The van der Waals surface area contributed by atoms with E-state index in [-0.39, 0.29) is 0 Å². The molecule has 1 aromatic heterocycles. The molecule has 0 aromatic carbocycles. The minimum absolute atomic E-state index is 0.362. The zero-order valence-electron chi connectivity index (χ0n) is 13.2. The summed E-state index contributed by atoms with van der Waals surface area (Å²) in [6, 6.07) is 3.76. The summed E-state index contributed by atoms with van der Waals surface area (Å²) in [6.07, 6.45) is 11.6. The Morgan fingerprint density at radius 1 is 1.14 bits per heavy atom. The predicted molar refractivity (Wildman–Crippen MR) is 85.6 cm³/mol. The molecule has 120 valence electrons. The molecule has 1 amide bonds. The molecule has 0 spiro atoms. The highest BCUT2D eigenvalue weighted by Gasteiger charge is 2.26. The van der Waals surface area contributed by atoms with Crippen LogP contribution in [0.4, 0.5) is 0 Å². The Morgan fingerprint density at radius 3 is 2.64 bits per heavy atom. The Morgan fingerprint density at radius 2 is 1.86 bits per heavy atom. The summed E-state index contributed by atoms with van der Waals surface area (Å²) in [6.45, 7) is 2.48. The van der Waals surface area contributed by atoms with Gasteiger partial charge in [-0.3, -0.25) is 9.78 Å². The number of rotatable bonds is 5. The minimum Gasteiger partial charge on any atom is -0.493 e. The zero-order valence-corrected chi connectivity index (χ0v) is 13.2. The van der Waals surface area contributed by atoms with Crippen LogP contribution in [0.25, 0.3) is 0 Å². The number of piperidine rings is 1. The summed E-state index contributed by atoms with van der Waals surface area (Å²) < 4.78 is 5.83. The van der Waals surface area contributed by atoms with E-state index in [2.05, 4.69) is 9.88 Å². The second kappa shape index (κ2) is 7.61. The molecule has 2 heterocycles. The first-order chi connectivity index (χ1) is 10.8. The molecule has 4 nitrogen and oxygen atoms in total. The largest absolute Gasteiger partial charge is 0.493 e. The van der Waals surface area contributed by atoms with E-state index in [1.54, 1.807) is 12.4 Å². The van der Waals surface area contributed by atoms with Crippen LogP contribution in [0.5, 0.6) is 5.75 Å². The first-order valence-corrected chi connectivity index (χ1v) is 8.62. The van der Waals surface area contributed by atoms with Gasteiger partial charge in [-0.05, 0) is 43.7 Å². The van der Waals surface area contributed by atoms with E-state index in [1.807, 2.05) is 12.1 Å². The predicted octanol–water partition coefficient (Wildman–Crippen LogP) is 3.28. The highest BCUT2D eigenvalue weighted by molar-refractivity contribution is 5.76. The fourth-order valence-corrected chi connectivity index (χ4v) is 3.67. The number of hydrogen-bond acceptors (Lipinski definition) is 3. The van der Waals surface area contributed by atoms with Crippen molar-refractivity contribution in [1.82, 2.24) is 9.88 Å². The van der Waals surface area contributed by atoms with E-state index in [4.69, 9.17) is 4.74 Å². The average molecular weight is 302 g/mol. The molecule has 1 aromatic rings. The van der Waals surface area contributed by atoms with E-state index in [0.29, 0.717) is 24.3 Å². The van der Waals surface area contributed by atoms with Gasteiger partial charge in [-0.1, -0.05) is 12.8 Å². The summed E-state index contributed by atoms with van der Waals surface area (Å²) in [5.74, 6) is 2.32. The molecular weight excluding hydrogens is 276 g/mol. The fraction of sp³-hybridized carbons (Fsp3) is 0.667. The second-order valence-electron chi connectivity index (χ2n) is 6.70. The number of nitrogens with zero attached hydrogens (tertiary/aromatic N) is 2. The Balaban J connectivity index is 1.45. The lowest BCUT2D eigenvalue weighted by molar-refractivity contribution is -0.134. The number of hydrogen-bond donors (Lipinski definition) is 0. The topological polar surface area (TPSA) is 42.4 Å². The van der Waals surface area contributed by atoms with E-state index < -0.39 is 0 Å². The van der Waals surface area contributed by atoms with Gasteiger partial charge in [0.2, 0.25) is 5.91 Å². The van der Waals surface area contributed by atoms with Crippen LogP contribution in [-0.2, 0) is 4.79 Å². The summed E-state index contributed by atoms with van der Waals surface area (Å²) in [5, 5.41) is 0. The molecule has 1 unspecified atom stereocenters. The van der Waals surface area contributed by atoms with Gasteiger partial charge in [0.05, 0.1) is 6.61 Å². The zero-order chi connectivity index (χ0) is 15.2. The second-order valence-corrected chi connectivity index (χ2v) is 6.70. The average Bonchev–Trinajstić information content (AvgIpc) is 3.07. The van der Waals surface area contributed by atoms with Crippen molar-refractivity contribution in [3.8, 4) is 5.75 Å². The van der Waals surface area contributed by atoms with Crippen molar-refractivity contribution in [2.75, 3.05) is 19.7 Å². The molecule has 1 saturated carbocycles. The SMILES string of the molecule is O=C(CC1CCCC1)N1CCCC(COc2ccncc2)C1. The molecule has 4 heteroatoms. The van der Waals surface area contributed by atoms with Crippen LogP contribution in [0.1, 0.15) is 44.9 Å². The summed E-state index contributed by atoms with van der Waals surface area (Å²) in [4.78, 5) is 18.5. The number of carbonyl (C=O) groups is 1. The molecule has 22 heavy (non-hydrogen) atoms. The van der Waals surface area contributed by atoms with Crippen molar-refractivity contribution in [2.45, 2.75) is 44.9 Å². The molecular formula is C18H26N2O2. The van der Waals surface area contributed by atoms with Crippen LogP contribution < -0.4 is 4.74 Å². The van der Waals surface area contributed by atoms with Gasteiger partial charge in [0, 0.05) is 37.8 Å². The van der Waals surface area contributed by atoms with Gasteiger partial charge in [-0.15, -0.1) is 0 Å². The first-order valence-electron chi connectivity index (χ1n) is 8.62. The number of carbonyl (C=O) groups excluding carboxylic acids is 1. The smallest absolute Gasteiger partial charge is 0.222 e. The van der Waals surface area contributed by atoms with Crippen molar-refractivity contribution >= 4 is 5.91 Å². The van der Waals surface area contributed by atoms with E-state index in [0.717, 1.165) is 38.1 Å². The third-order valence-electron chi connectivity index (χ3n) is 4.95. The Hall–Kier alpha value is -1.58. The van der Waals surface area contributed by atoms with E-state index in [1.165, 1.54) is 25.7 Å². The number of aromatic nitrogens is 1. The standard InChI is InChI=1S/C18H26N2O2/c21-18(12-15-4-1-2-5-15)20-11-3-6-16(13-20)14-22-17-7-9-19-10-8-17/h7-10,15-16H,1-6,11-14H2. The minimum atomic E-state index is 0.362. The fourth-order valence-electron chi connectivity index (χ4n) is 3.67. The lowest BCUT2D eigenvalue weighted by Gasteiger charge is -2.33. The molecule has 0 bridgehead atoms. The molecule has 1 aliphatic heterocycles. The van der Waals surface area contributed by atoms with Gasteiger partial charge in [0.25, 0.3) is 0 Å². The third kappa shape index (κ3) is 4.21. The van der Waals surface area contributed by atoms with E-state index >= 15 is 0 Å².